The topological polar surface area (TPSA) is 60.0 Å². The summed E-state index contributed by atoms with van der Waals surface area (Å²) in [4.78, 5) is 12.2. The van der Waals surface area contributed by atoms with Crippen molar-refractivity contribution in [3.8, 4) is 0 Å². The van der Waals surface area contributed by atoms with Crippen LogP contribution in [0.5, 0.6) is 0 Å². The van der Waals surface area contributed by atoms with Crippen molar-refractivity contribution < 1.29 is 4.79 Å². The van der Waals surface area contributed by atoms with Gasteiger partial charge in [-0.2, -0.15) is 0 Å². The highest BCUT2D eigenvalue weighted by Crippen LogP contribution is 2.19. The number of benzene rings is 1. The molecule has 1 aromatic heterocycles. The number of hydrogen-bond acceptors (Lipinski definition) is 2. The Bertz CT molecular complexity index is 577. The molecule has 0 radical (unpaired) electrons. The van der Waals surface area contributed by atoms with Gasteiger partial charge >= 0.3 is 0 Å². The molecule has 0 saturated carbocycles. The molecule has 18 heavy (non-hydrogen) atoms. The molecule has 0 unspecified atom stereocenters. The molecule has 94 valence electrons. The molecule has 0 bridgehead atoms. The van der Waals surface area contributed by atoms with Crippen molar-refractivity contribution in [2.45, 2.75) is 13.5 Å². The first kappa shape index (κ1) is 12.9. The van der Waals surface area contributed by atoms with E-state index in [9.17, 15) is 4.79 Å². The average molecular weight is 355 g/mol. The number of rotatable bonds is 3. The van der Waals surface area contributed by atoms with Crippen LogP contribution in [0.25, 0.3) is 0 Å². The lowest BCUT2D eigenvalue weighted by Crippen LogP contribution is -2.16. The van der Waals surface area contributed by atoms with Crippen LogP contribution in [0.15, 0.2) is 36.5 Å². The third kappa shape index (κ3) is 2.66. The van der Waals surface area contributed by atoms with Crippen molar-refractivity contribution >= 4 is 39.9 Å². The molecule has 0 fully saturated rings. The maximum Gasteiger partial charge on any atom is 0.272 e. The fraction of sp³-hybridized carbons (Fsp3) is 0.154. The van der Waals surface area contributed by atoms with Crippen molar-refractivity contribution in [1.82, 2.24) is 4.57 Å². The molecule has 0 atom stereocenters. The smallest absolute Gasteiger partial charge is 0.272 e. The van der Waals surface area contributed by atoms with E-state index >= 15 is 0 Å². The summed E-state index contributed by atoms with van der Waals surface area (Å²) < 4.78 is 2.84. The number of amides is 1. The third-order valence-corrected chi connectivity index (χ3v) is 3.55. The number of nitrogens with two attached hydrogens (primary N) is 1. The minimum atomic E-state index is -0.141. The summed E-state index contributed by atoms with van der Waals surface area (Å²) in [5.41, 5.74) is 7.70. The van der Waals surface area contributed by atoms with Crippen molar-refractivity contribution in [2.75, 3.05) is 11.1 Å². The van der Waals surface area contributed by atoms with Crippen LogP contribution < -0.4 is 11.1 Å². The number of aryl methyl sites for hydroxylation is 1. The number of para-hydroxylation sites is 1. The quantitative estimate of drug-likeness (QED) is 0.832. The van der Waals surface area contributed by atoms with Gasteiger partial charge in [0, 0.05) is 16.3 Å². The molecular formula is C13H14IN3O. The molecule has 1 heterocycles. The number of nitrogen functional groups attached to an aromatic ring is 1. The first-order valence-corrected chi connectivity index (χ1v) is 6.71. The van der Waals surface area contributed by atoms with Crippen molar-refractivity contribution in [1.29, 1.82) is 0 Å². The third-order valence-electron chi connectivity index (χ3n) is 2.61. The van der Waals surface area contributed by atoms with Crippen LogP contribution in [-0.2, 0) is 6.54 Å². The van der Waals surface area contributed by atoms with E-state index in [0.29, 0.717) is 17.9 Å². The molecule has 5 heteroatoms. The van der Waals surface area contributed by atoms with Crippen LogP contribution in [0.1, 0.15) is 17.4 Å². The first-order chi connectivity index (χ1) is 8.61. The van der Waals surface area contributed by atoms with Crippen LogP contribution in [0.4, 0.5) is 11.4 Å². The van der Waals surface area contributed by atoms with Gasteiger partial charge in [0.2, 0.25) is 0 Å². The largest absolute Gasteiger partial charge is 0.397 e. The first-order valence-electron chi connectivity index (χ1n) is 5.63. The molecule has 0 aliphatic heterocycles. The molecule has 0 spiro atoms. The van der Waals surface area contributed by atoms with E-state index in [2.05, 4.69) is 27.9 Å². The van der Waals surface area contributed by atoms with Crippen molar-refractivity contribution in [3.05, 3.63) is 45.8 Å². The number of carbonyl (C=O) groups is 1. The molecule has 1 aromatic carbocycles. The Kier molecular flexibility index (Phi) is 3.90. The SMILES string of the molecule is CCn1cc(N)cc1C(=O)Nc1ccccc1I. The lowest BCUT2D eigenvalue weighted by molar-refractivity contribution is 0.101. The fourth-order valence-corrected chi connectivity index (χ4v) is 2.26. The fourth-order valence-electron chi connectivity index (χ4n) is 1.73. The summed E-state index contributed by atoms with van der Waals surface area (Å²) in [7, 11) is 0. The Morgan fingerprint density at radius 2 is 2.17 bits per heavy atom. The highest BCUT2D eigenvalue weighted by molar-refractivity contribution is 14.1. The maximum atomic E-state index is 12.2. The molecule has 1 amide bonds. The minimum absolute atomic E-state index is 0.141. The number of carbonyl (C=O) groups excluding carboxylic acids is 1. The van der Waals surface area contributed by atoms with Gasteiger partial charge in [-0.15, -0.1) is 0 Å². The molecule has 2 rings (SSSR count). The number of anilines is 2. The van der Waals surface area contributed by atoms with Crippen LogP contribution in [0, 0.1) is 3.57 Å². The number of aromatic nitrogens is 1. The van der Waals surface area contributed by atoms with Crippen molar-refractivity contribution in [3.63, 3.8) is 0 Å². The number of halogens is 1. The molecular weight excluding hydrogens is 341 g/mol. The second-order valence-corrected chi connectivity index (χ2v) is 5.04. The van der Waals surface area contributed by atoms with Gasteiger partial charge in [-0.25, -0.2) is 0 Å². The summed E-state index contributed by atoms with van der Waals surface area (Å²) >= 11 is 2.19. The summed E-state index contributed by atoms with van der Waals surface area (Å²) in [5.74, 6) is -0.141. The van der Waals surface area contributed by atoms with Gasteiger partial charge in [0.25, 0.3) is 5.91 Å². The lowest BCUT2D eigenvalue weighted by atomic mass is 10.3. The lowest BCUT2D eigenvalue weighted by Gasteiger charge is -2.08. The molecule has 0 aliphatic carbocycles. The number of nitrogens with zero attached hydrogens (tertiary/aromatic N) is 1. The highest BCUT2D eigenvalue weighted by Gasteiger charge is 2.13. The number of nitrogens with one attached hydrogen (secondary N) is 1. The molecule has 0 saturated heterocycles. The van der Waals surface area contributed by atoms with Gasteiger partial charge < -0.3 is 15.6 Å². The van der Waals surface area contributed by atoms with Crippen LogP contribution in [0.2, 0.25) is 0 Å². The second kappa shape index (κ2) is 5.43. The highest BCUT2D eigenvalue weighted by atomic mass is 127. The summed E-state index contributed by atoms with van der Waals surface area (Å²) in [6.45, 7) is 2.69. The van der Waals surface area contributed by atoms with Gasteiger partial charge in [0.05, 0.1) is 11.4 Å². The van der Waals surface area contributed by atoms with Gasteiger partial charge in [-0.1, -0.05) is 12.1 Å². The Labute approximate surface area is 119 Å². The zero-order valence-electron chi connectivity index (χ0n) is 9.98. The number of hydrogen-bond donors (Lipinski definition) is 2. The molecule has 2 aromatic rings. The zero-order valence-corrected chi connectivity index (χ0v) is 12.1. The van der Waals surface area contributed by atoms with Gasteiger partial charge in [-0.05, 0) is 47.7 Å². The van der Waals surface area contributed by atoms with Crippen molar-refractivity contribution in [2.24, 2.45) is 0 Å². The van der Waals surface area contributed by atoms with E-state index in [1.54, 1.807) is 12.3 Å². The standard InChI is InChI=1S/C13H14IN3O/c1-2-17-8-9(15)7-12(17)13(18)16-11-6-4-3-5-10(11)14/h3-8H,2,15H2,1H3,(H,16,18). The Morgan fingerprint density at radius 1 is 1.44 bits per heavy atom. The van der Waals surface area contributed by atoms with Gasteiger partial charge in [0.1, 0.15) is 5.69 Å². The average Bonchev–Trinajstić information content (AvgIpc) is 2.73. The zero-order chi connectivity index (χ0) is 13.1. The van der Waals surface area contributed by atoms with E-state index < -0.39 is 0 Å². The normalized spacial score (nSPS) is 10.3. The predicted octanol–water partition coefficient (Wildman–Crippen LogP) is 2.95. The van der Waals surface area contributed by atoms with Crippen LogP contribution >= 0.6 is 22.6 Å². The van der Waals surface area contributed by atoms with Gasteiger partial charge in [-0.3, -0.25) is 4.79 Å². The molecule has 3 N–H and O–H groups in total. The monoisotopic (exact) mass is 355 g/mol. The summed E-state index contributed by atoms with van der Waals surface area (Å²) in [6.07, 6.45) is 1.77. The maximum absolute atomic E-state index is 12.2. The Hall–Kier alpha value is -1.50. The molecule has 4 nitrogen and oxygen atoms in total. The van der Waals surface area contributed by atoms with E-state index in [4.69, 9.17) is 5.73 Å². The summed E-state index contributed by atoms with van der Waals surface area (Å²) in [6, 6.07) is 9.34. The van der Waals surface area contributed by atoms with E-state index in [1.165, 1.54) is 0 Å². The molecule has 0 aliphatic rings. The predicted molar refractivity (Wildman–Crippen MR) is 81.6 cm³/mol. The van der Waals surface area contributed by atoms with Crippen LogP contribution in [-0.4, -0.2) is 10.5 Å². The second-order valence-electron chi connectivity index (χ2n) is 3.88. The summed E-state index contributed by atoms with van der Waals surface area (Å²) in [5, 5.41) is 2.89. The Morgan fingerprint density at radius 3 is 2.83 bits per heavy atom. The minimum Gasteiger partial charge on any atom is -0.397 e. The van der Waals surface area contributed by atoms with E-state index in [-0.39, 0.29) is 5.91 Å². The Balaban J connectivity index is 2.25. The van der Waals surface area contributed by atoms with E-state index in [1.807, 2.05) is 35.8 Å². The van der Waals surface area contributed by atoms with E-state index in [0.717, 1.165) is 9.26 Å². The van der Waals surface area contributed by atoms with Crippen LogP contribution in [0.3, 0.4) is 0 Å². The van der Waals surface area contributed by atoms with Gasteiger partial charge in [0.15, 0.2) is 0 Å².